The summed E-state index contributed by atoms with van der Waals surface area (Å²) in [5.41, 5.74) is 1.78. The molecule has 0 aliphatic carbocycles. The number of alkyl halides is 1. The van der Waals surface area contributed by atoms with Crippen LogP contribution in [0.2, 0.25) is 0 Å². The number of nitrogens with zero attached hydrogens (tertiary/aromatic N) is 1. The average molecular weight is 318 g/mol. The molecule has 1 heterocycles. The maximum Gasteiger partial charge on any atom is 0.218 e. The number of ether oxygens (including phenoxy) is 1. The Balaban J connectivity index is 2.05. The minimum absolute atomic E-state index is 0.0312. The molecule has 0 atom stereocenters. The molecule has 0 aromatic heterocycles. The van der Waals surface area contributed by atoms with Gasteiger partial charge >= 0.3 is 0 Å². The molecule has 4 nitrogen and oxygen atoms in total. The zero-order valence-electron chi connectivity index (χ0n) is 11.6. The average Bonchev–Trinajstić information content (AvgIpc) is 2.48. The van der Waals surface area contributed by atoms with Crippen molar-refractivity contribution in [3.8, 4) is 0 Å². The van der Waals surface area contributed by atoms with Crippen LogP contribution in [0.1, 0.15) is 24.0 Å². The highest BCUT2D eigenvalue weighted by Gasteiger charge is 2.27. The Labute approximate surface area is 125 Å². The van der Waals surface area contributed by atoms with Crippen molar-refractivity contribution in [1.29, 1.82) is 0 Å². The van der Waals surface area contributed by atoms with E-state index in [-0.39, 0.29) is 11.8 Å². The second kappa shape index (κ2) is 6.89. The minimum Gasteiger partial charge on any atom is -0.381 e. The largest absolute Gasteiger partial charge is 0.381 e. The van der Waals surface area contributed by atoms with Crippen molar-refractivity contribution in [2.75, 3.05) is 20.3 Å². The van der Waals surface area contributed by atoms with Crippen LogP contribution < -0.4 is 0 Å². The van der Waals surface area contributed by atoms with Gasteiger partial charge in [0.2, 0.25) is 10.0 Å². The highest BCUT2D eigenvalue weighted by atomic mass is 35.5. The van der Waals surface area contributed by atoms with Crippen LogP contribution in [0.5, 0.6) is 0 Å². The standard InChI is InChI=1S/C14H20ClNO3S/c1-16(14-6-8-19-9-7-14)20(17,18)11-13-4-2-12(10-15)3-5-13/h2-5,14H,6-11H2,1H3. The number of rotatable bonds is 5. The van der Waals surface area contributed by atoms with E-state index in [4.69, 9.17) is 16.3 Å². The van der Waals surface area contributed by atoms with Crippen LogP contribution in [0.25, 0.3) is 0 Å². The Morgan fingerprint density at radius 1 is 1.20 bits per heavy atom. The van der Waals surface area contributed by atoms with Gasteiger partial charge in [-0.2, -0.15) is 0 Å². The zero-order valence-corrected chi connectivity index (χ0v) is 13.2. The predicted molar refractivity (Wildman–Crippen MR) is 80.2 cm³/mol. The molecule has 0 bridgehead atoms. The topological polar surface area (TPSA) is 46.6 Å². The van der Waals surface area contributed by atoms with Gasteiger partial charge in [0, 0.05) is 32.2 Å². The molecular weight excluding hydrogens is 298 g/mol. The molecule has 1 fully saturated rings. The molecule has 1 aromatic rings. The van der Waals surface area contributed by atoms with Gasteiger partial charge in [0.05, 0.1) is 5.75 Å². The Hall–Kier alpha value is -0.620. The van der Waals surface area contributed by atoms with Crippen LogP contribution in [0.15, 0.2) is 24.3 Å². The molecule has 6 heteroatoms. The molecule has 0 amide bonds. The van der Waals surface area contributed by atoms with E-state index in [1.165, 1.54) is 4.31 Å². The first-order chi connectivity index (χ1) is 9.53. The van der Waals surface area contributed by atoms with Crippen LogP contribution >= 0.6 is 11.6 Å². The van der Waals surface area contributed by atoms with Gasteiger partial charge in [-0.05, 0) is 24.0 Å². The third kappa shape index (κ3) is 3.95. The van der Waals surface area contributed by atoms with Crippen molar-refractivity contribution in [2.24, 2.45) is 0 Å². The summed E-state index contributed by atoms with van der Waals surface area (Å²) in [6.07, 6.45) is 1.53. The van der Waals surface area contributed by atoms with Crippen molar-refractivity contribution in [1.82, 2.24) is 4.31 Å². The van der Waals surface area contributed by atoms with Gasteiger partial charge in [-0.3, -0.25) is 0 Å². The highest BCUT2D eigenvalue weighted by Crippen LogP contribution is 2.19. The van der Waals surface area contributed by atoms with Crippen molar-refractivity contribution >= 4 is 21.6 Å². The SMILES string of the molecule is CN(C1CCOCC1)S(=O)(=O)Cc1ccc(CCl)cc1. The summed E-state index contributed by atoms with van der Waals surface area (Å²) in [7, 11) is -1.62. The lowest BCUT2D eigenvalue weighted by molar-refractivity contribution is 0.0632. The molecule has 2 rings (SSSR count). The summed E-state index contributed by atoms with van der Waals surface area (Å²) < 4.78 is 31.6. The van der Waals surface area contributed by atoms with E-state index in [1.54, 1.807) is 7.05 Å². The van der Waals surface area contributed by atoms with Gasteiger partial charge in [-0.1, -0.05) is 24.3 Å². The predicted octanol–water partition coefficient (Wildman–Crippen LogP) is 2.37. The molecule has 1 aromatic carbocycles. The summed E-state index contributed by atoms with van der Waals surface area (Å²) >= 11 is 5.73. The van der Waals surface area contributed by atoms with Gasteiger partial charge in [0.1, 0.15) is 0 Å². The minimum atomic E-state index is -3.29. The Morgan fingerprint density at radius 2 is 1.75 bits per heavy atom. The molecule has 0 saturated carbocycles. The van der Waals surface area contributed by atoms with Gasteiger partial charge in [0.25, 0.3) is 0 Å². The Kier molecular flexibility index (Phi) is 5.43. The first-order valence-electron chi connectivity index (χ1n) is 6.70. The van der Waals surface area contributed by atoms with Crippen molar-refractivity contribution in [3.05, 3.63) is 35.4 Å². The van der Waals surface area contributed by atoms with E-state index in [9.17, 15) is 8.42 Å². The quantitative estimate of drug-likeness (QED) is 0.783. The van der Waals surface area contributed by atoms with E-state index in [2.05, 4.69) is 0 Å². The zero-order chi connectivity index (χ0) is 14.6. The first-order valence-corrected chi connectivity index (χ1v) is 8.84. The van der Waals surface area contributed by atoms with Crippen LogP contribution in [0, 0.1) is 0 Å². The summed E-state index contributed by atoms with van der Waals surface area (Å²) in [5, 5.41) is 0. The molecule has 0 spiro atoms. The van der Waals surface area contributed by atoms with E-state index < -0.39 is 10.0 Å². The van der Waals surface area contributed by atoms with Gasteiger partial charge in [-0.25, -0.2) is 12.7 Å². The second-order valence-corrected chi connectivity index (χ2v) is 7.36. The Morgan fingerprint density at radius 3 is 2.30 bits per heavy atom. The van der Waals surface area contributed by atoms with Gasteiger partial charge in [-0.15, -0.1) is 11.6 Å². The number of hydrogen-bond donors (Lipinski definition) is 0. The maximum atomic E-state index is 12.4. The summed E-state index contributed by atoms with van der Waals surface area (Å²) in [6, 6.07) is 7.44. The summed E-state index contributed by atoms with van der Waals surface area (Å²) in [6.45, 7) is 1.27. The second-order valence-electron chi connectivity index (χ2n) is 5.07. The third-order valence-electron chi connectivity index (χ3n) is 3.67. The van der Waals surface area contributed by atoms with E-state index >= 15 is 0 Å². The molecule has 1 saturated heterocycles. The molecule has 0 radical (unpaired) electrons. The molecule has 20 heavy (non-hydrogen) atoms. The number of benzene rings is 1. The molecule has 0 N–H and O–H groups in total. The first kappa shape index (κ1) is 15.8. The highest BCUT2D eigenvalue weighted by molar-refractivity contribution is 7.88. The molecule has 112 valence electrons. The van der Waals surface area contributed by atoms with Gasteiger partial charge < -0.3 is 4.74 Å². The fourth-order valence-corrected chi connectivity index (χ4v) is 3.97. The number of sulfonamides is 1. The normalized spacial score (nSPS) is 17.6. The summed E-state index contributed by atoms with van der Waals surface area (Å²) in [4.78, 5) is 0. The van der Waals surface area contributed by atoms with E-state index in [1.807, 2.05) is 24.3 Å². The van der Waals surface area contributed by atoms with E-state index in [0.717, 1.165) is 24.0 Å². The molecule has 1 aliphatic heterocycles. The fraction of sp³-hybridized carbons (Fsp3) is 0.571. The maximum absolute atomic E-state index is 12.4. The fourth-order valence-electron chi connectivity index (χ4n) is 2.31. The van der Waals surface area contributed by atoms with Crippen LogP contribution in [0.4, 0.5) is 0 Å². The van der Waals surface area contributed by atoms with Gasteiger partial charge in [0.15, 0.2) is 0 Å². The lowest BCUT2D eigenvalue weighted by Gasteiger charge is -2.30. The van der Waals surface area contributed by atoms with Crippen LogP contribution in [0.3, 0.4) is 0 Å². The number of hydrogen-bond acceptors (Lipinski definition) is 3. The molecule has 0 unspecified atom stereocenters. The molecule has 1 aliphatic rings. The third-order valence-corrected chi connectivity index (χ3v) is 5.85. The van der Waals surface area contributed by atoms with Crippen molar-refractivity contribution in [2.45, 2.75) is 30.5 Å². The lowest BCUT2D eigenvalue weighted by Crippen LogP contribution is -2.41. The lowest BCUT2D eigenvalue weighted by atomic mass is 10.1. The smallest absolute Gasteiger partial charge is 0.218 e. The molecular formula is C14H20ClNO3S. The monoisotopic (exact) mass is 317 g/mol. The summed E-state index contributed by atoms with van der Waals surface area (Å²) in [5.74, 6) is 0.471. The van der Waals surface area contributed by atoms with Crippen molar-refractivity contribution < 1.29 is 13.2 Å². The van der Waals surface area contributed by atoms with Crippen LogP contribution in [-0.4, -0.2) is 39.0 Å². The van der Waals surface area contributed by atoms with Crippen LogP contribution in [-0.2, 0) is 26.4 Å². The van der Waals surface area contributed by atoms with Crippen molar-refractivity contribution in [3.63, 3.8) is 0 Å². The Bertz CT molecular complexity index is 524. The number of halogens is 1. The van der Waals surface area contributed by atoms with E-state index in [0.29, 0.717) is 19.1 Å².